The fourth-order valence-corrected chi connectivity index (χ4v) is 11.3. The molecule has 334 valence electrons. The summed E-state index contributed by atoms with van der Waals surface area (Å²) in [4.78, 5) is 14.3. The van der Waals surface area contributed by atoms with Crippen molar-refractivity contribution in [2.75, 3.05) is 26.1 Å². The van der Waals surface area contributed by atoms with Gasteiger partial charge in [0.2, 0.25) is 0 Å². The largest absolute Gasteiger partial charge is 0.497 e. The molecule has 1 saturated carbocycles. The van der Waals surface area contributed by atoms with E-state index in [9.17, 15) is 5.26 Å². The van der Waals surface area contributed by atoms with Gasteiger partial charge in [-0.1, -0.05) is 84.9 Å². The van der Waals surface area contributed by atoms with Crippen LogP contribution in [0.15, 0.2) is 122 Å². The van der Waals surface area contributed by atoms with Crippen LogP contribution in [-0.2, 0) is 30.7 Å². The Morgan fingerprint density at radius 2 is 1.45 bits per heavy atom. The molecule has 4 unspecified atom stereocenters. The topological polar surface area (TPSA) is 138 Å². The number of fused-ring (bicyclic) bond motifs is 3. The quantitative estimate of drug-likeness (QED) is 0.0444. The summed E-state index contributed by atoms with van der Waals surface area (Å²) in [6.07, 6.45) is 3.48. The first-order chi connectivity index (χ1) is 31.1. The van der Waals surface area contributed by atoms with Crippen molar-refractivity contribution in [1.82, 2.24) is 24.2 Å². The standard InChI is InChI=1S/C50H58N7O6P/c1-34(2)57(35(3)4)64(60-30-14-29-51)63-45-43-27-28-49(45,62-48(43)56-33-55-44-46(53-32-54-47(44)56)52-31-37-15-10-8-11-16-37)36(5)61-50(38-17-12-9-13-18-38,39-19-23-41(58-6)24-20-39)40-21-25-42(59-7)26-22-40/h8-13,15-26,32-36,43,45,48H,14,27-28,30-31H2,1-7H3,(H,52,53,54)/t36?,43-,45-,48?,49?,64?/m1/s1. The summed E-state index contributed by atoms with van der Waals surface area (Å²) in [6, 6.07) is 39.1. The zero-order valence-electron chi connectivity index (χ0n) is 37.6. The highest BCUT2D eigenvalue weighted by Gasteiger charge is 2.66. The summed E-state index contributed by atoms with van der Waals surface area (Å²) >= 11 is 0. The molecule has 1 saturated heterocycles. The highest BCUT2D eigenvalue weighted by molar-refractivity contribution is 7.44. The second-order valence-electron chi connectivity index (χ2n) is 16.9. The fraction of sp³-hybridized carbons (Fsp3) is 0.400. The number of methoxy groups -OCH3 is 2. The van der Waals surface area contributed by atoms with Crippen molar-refractivity contribution >= 4 is 25.5 Å². The average Bonchev–Trinajstić information content (AvgIpc) is 4.01. The van der Waals surface area contributed by atoms with Crippen LogP contribution >= 0.6 is 8.53 Å². The number of rotatable bonds is 20. The first-order valence-electron chi connectivity index (χ1n) is 22.0. The molecule has 14 heteroatoms. The number of nitrogens with zero attached hydrogens (tertiary/aromatic N) is 6. The molecule has 2 fully saturated rings. The average molecular weight is 884 g/mol. The number of hydrogen-bond acceptors (Lipinski definition) is 12. The molecule has 6 aromatic rings. The normalized spacial score (nSPS) is 20.5. The van der Waals surface area contributed by atoms with Crippen LogP contribution in [0.25, 0.3) is 11.2 Å². The van der Waals surface area contributed by atoms with Gasteiger partial charge in [-0.2, -0.15) is 5.26 Å². The summed E-state index contributed by atoms with van der Waals surface area (Å²) < 4.78 is 45.0. The number of aromatic nitrogens is 4. The number of anilines is 1. The van der Waals surface area contributed by atoms with Crippen LogP contribution in [0.1, 0.15) is 82.4 Å². The predicted octanol–water partition coefficient (Wildman–Crippen LogP) is 10.2. The van der Waals surface area contributed by atoms with Crippen molar-refractivity contribution < 1.29 is 28.0 Å². The van der Waals surface area contributed by atoms with Gasteiger partial charge in [0.05, 0.1) is 45.7 Å². The Balaban J connectivity index is 1.25. The van der Waals surface area contributed by atoms with E-state index in [0.29, 0.717) is 29.9 Å². The van der Waals surface area contributed by atoms with Gasteiger partial charge in [-0.25, -0.2) is 19.6 Å². The Labute approximate surface area is 377 Å². The van der Waals surface area contributed by atoms with Crippen molar-refractivity contribution in [2.24, 2.45) is 5.92 Å². The van der Waals surface area contributed by atoms with Crippen molar-refractivity contribution in [3.8, 4) is 17.6 Å². The second-order valence-corrected chi connectivity index (χ2v) is 18.3. The SMILES string of the molecule is COc1ccc(C(OC(C)C23CC[C@@H](C(n4cnc5c(NCc6ccccc6)ncnc54)O2)[C@H]3OP(OCCC#N)N(C(C)C)C(C)C)(c2ccccc2)c2ccc(OC)cc2)cc1. The minimum absolute atomic E-state index is 0.0977. The molecule has 0 amide bonds. The zero-order valence-corrected chi connectivity index (χ0v) is 38.5. The number of ether oxygens (including phenoxy) is 4. The third kappa shape index (κ3) is 8.71. The van der Waals surface area contributed by atoms with Crippen LogP contribution < -0.4 is 14.8 Å². The van der Waals surface area contributed by atoms with Crippen molar-refractivity contribution in [2.45, 2.75) is 102 Å². The number of benzene rings is 4. The monoisotopic (exact) mass is 883 g/mol. The molecule has 8 rings (SSSR count). The molecule has 2 aromatic heterocycles. The van der Waals surface area contributed by atoms with E-state index in [2.05, 4.69) is 104 Å². The Kier molecular flexibility index (Phi) is 13.9. The highest BCUT2D eigenvalue weighted by atomic mass is 31.2. The number of imidazole rings is 1. The fourth-order valence-electron chi connectivity index (χ4n) is 9.47. The number of hydrogen-bond donors (Lipinski definition) is 1. The summed E-state index contributed by atoms with van der Waals surface area (Å²) in [6.45, 7) is 11.5. The van der Waals surface area contributed by atoms with Gasteiger partial charge in [-0.15, -0.1) is 0 Å². The molecule has 0 spiro atoms. The van der Waals surface area contributed by atoms with E-state index in [1.807, 2.05) is 65.2 Å². The van der Waals surface area contributed by atoms with Gasteiger partial charge in [0.25, 0.3) is 8.53 Å². The molecule has 2 aliphatic rings. The lowest BCUT2D eigenvalue weighted by atomic mass is 9.79. The molecule has 3 heterocycles. The van der Waals surface area contributed by atoms with E-state index in [1.165, 1.54) is 0 Å². The molecule has 4 aromatic carbocycles. The molecule has 0 radical (unpaired) electrons. The Bertz CT molecular complexity index is 2430. The summed E-state index contributed by atoms with van der Waals surface area (Å²) in [7, 11) is 1.68. The van der Waals surface area contributed by atoms with Crippen molar-refractivity contribution in [3.05, 3.63) is 144 Å². The Morgan fingerprint density at radius 3 is 2.05 bits per heavy atom. The Morgan fingerprint density at radius 1 is 0.844 bits per heavy atom. The maximum atomic E-state index is 9.56. The van der Waals surface area contributed by atoms with Gasteiger partial charge < -0.3 is 33.3 Å². The summed E-state index contributed by atoms with van der Waals surface area (Å²) in [5, 5.41) is 13.0. The van der Waals surface area contributed by atoms with Crippen LogP contribution in [0.4, 0.5) is 5.82 Å². The lowest BCUT2D eigenvalue weighted by Gasteiger charge is -2.45. The van der Waals surface area contributed by atoms with Crippen LogP contribution in [-0.4, -0.2) is 74.9 Å². The lowest BCUT2D eigenvalue weighted by Crippen LogP contribution is -2.52. The minimum Gasteiger partial charge on any atom is -0.497 e. The highest BCUT2D eigenvalue weighted by Crippen LogP contribution is 2.62. The Hall–Kier alpha value is -5.45. The van der Waals surface area contributed by atoms with Crippen LogP contribution in [0.3, 0.4) is 0 Å². The van der Waals surface area contributed by atoms with Gasteiger partial charge in [0.1, 0.15) is 41.4 Å². The predicted molar refractivity (Wildman–Crippen MR) is 248 cm³/mol. The molecule has 1 aliphatic heterocycles. The van der Waals surface area contributed by atoms with Crippen molar-refractivity contribution in [1.29, 1.82) is 5.26 Å². The van der Waals surface area contributed by atoms with Gasteiger partial charge in [0, 0.05) is 24.5 Å². The number of nitrogens with one attached hydrogen (secondary N) is 1. The van der Waals surface area contributed by atoms with Crippen LogP contribution in [0.2, 0.25) is 0 Å². The van der Waals surface area contributed by atoms with Gasteiger partial charge in [-0.05, 0) is 94.0 Å². The third-order valence-electron chi connectivity index (χ3n) is 12.5. The van der Waals surface area contributed by atoms with Crippen LogP contribution in [0, 0.1) is 17.2 Å². The molecule has 1 aliphatic carbocycles. The van der Waals surface area contributed by atoms with E-state index in [0.717, 1.165) is 40.2 Å². The van der Waals surface area contributed by atoms with Gasteiger partial charge in [-0.3, -0.25) is 4.57 Å². The molecule has 6 atom stereocenters. The molecule has 64 heavy (non-hydrogen) atoms. The first-order valence-corrected chi connectivity index (χ1v) is 23.2. The van der Waals surface area contributed by atoms with E-state index >= 15 is 0 Å². The number of nitriles is 1. The van der Waals surface area contributed by atoms with Crippen LogP contribution in [0.5, 0.6) is 11.5 Å². The maximum absolute atomic E-state index is 9.56. The molecule has 1 N–H and O–H groups in total. The van der Waals surface area contributed by atoms with Crippen molar-refractivity contribution in [3.63, 3.8) is 0 Å². The molecular weight excluding hydrogens is 826 g/mol. The van der Waals surface area contributed by atoms with E-state index < -0.39 is 38.2 Å². The van der Waals surface area contributed by atoms with E-state index in [1.54, 1.807) is 26.9 Å². The first kappa shape index (κ1) is 45.1. The van der Waals surface area contributed by atoms with E-state index in [4.69, 9.17) is 38.0 Å². The molecule has 2 bridgehead atoms. The van der Waals surface area contributed by atoms with Gasteiger partial charge >= 0.3 is 0 Å². The maximum Gasteiger partial charge on any atom is 0.259 e. The summed E-state index contributed by atoms with van der Waals surface area (Å²) in [5.41, 5.74) is 3.09. The zero-order chi connectivity index (χ0) is 44.8. The molecular formula is C50H58N7O6P. The second kappa shape index (κ2) is 19.7. The summed E-state index contributed by atoms with van der Waals surface area (Å²) in [5.74, 6) is 1.97. The minimum atomic E-state index is -1.66. The smallest absolute Gasteiger partial charge is 0.259 e. The van der Waals surface area contributed by atoms with E-state index in [-0.39, 0.29) is 31.0 Å². The van der Waals surface area contributed by atoms with Gasteiger partial charge in [0.15, 0.2) is 17.0 Å². The third-order valence-corrected chi connectivity index (χ3v) is 14.6. The lowest BCUT2D eigenvalue weighted by molar-refractivity contribution is -0.202. The molecule has 13 nitrogen and oxygen atoms in total.